The van der Waals surface area contributed by atoms with Crippen molar-refractivity contribution in [3.8, 4) is 0 Å². The number of nitrogens with two attached hydrogens (primary N) is 1. The summed E-state index contributed by atoms with van der Waals surface area (Å²) in [5, 5.41) is 3.17. The van der Waals surface area contributed by atoms with Gasteiger partial charge in [-0.25, -0.2) is 0 Å². The lowest BCUT2D eigenvalue weighted by atomic mass is 9.94. The number of carbonyl (C=O) groups is 1. The molecule has 20 heavy (non-hydrogen) atoms. The molecule has 1 aromatic rings. The first-order valence-corrected chi connectivity index (χ1v) is 7.72. The topological polar surface area (TPSA) is 55.1 Å². The smallest absolute Gasteiger partial charge is 0.230 e. The summed E-state index contributed by atoms with van der Waals surface area (Å²) < 4.78 is 1.05. The number of rotatable bonds is 5. The maximum Gasteiger partial charge on any atom is 0.230 e. The second kappa shape index (κ2) is 6.04. The molecule has 2 aliphatic carbocycles. The molecule has 1 amide bonds. The number of halogens is 2. The summed E-state index contributed by atoms with van der Waals surface area (Å²) in [4.78, 5) is 12.5. The minimum Gasteiger partial charge on any atom is -0.351 e. The van der Waals surface area contributed by atoms with Crippen molar-refractivity contribution < 1.29 is 4.79 Å². The van der Waals surface area contributed by atoms with Gasteiger partial charge in [0.1, 0.15) is 0 Å². The van der Waals surface area contributed by atoms with Crippen molar-refractivity contribution in [1.29, 1.82) is 0 Å². The highest BCUT2D eigenvalue weighted by Crippen LogP contribution is 2.49. The van der Waals surface area contributed by atoms with Gasteiger partial charge in [0.15, 0.2) is 0 Å². The van der Waals surface area contributed by atoms with E-state index in [1.807, 2.05) is 24.3 Å². The standard InChI is InChI=1S/C15H19BrN2O.ClH/c16-12-5-3-11(4-6-12)15(7-8-15)14(19)18-13(9-17)10-1-2-10;/h3-6,10,13H,1-2,7-9,17H2,(H,18,19);1H. The van der Waals surface area contributed by atoms with Gasteiger partial charge in [-0.05, 0) is 49.3 Å². The Morgan fingerprint density at radius 1 is 1.35 bits per heavy atom. The van der Waals surface area contributed by atoms with E-state index in [1.54, 1.807) is 0 Å². The van der Waals surface area contributed by atoms with Gasteiger partial charge in [0.25, 0.3) is 0 Å². The quantitative estimate of drug-likeness (QED) is 0.849. The van der Waals surface area contributed by atoms with Gasteiger partial charge >= 0.3 is 0 Å². The first-order chi connectivity index (χ1) is 9.15. The van der Waals surface area contributed by atoms with E-state index in [4.69, 9.17) is 5.73 Å². The molecule has 1 unspecified atom stereocenters. The molecular formula is C15H20BrClN2O. The van der Waals surface area contributed by atoms with E-state index in [1.165, 1.54) is 12.8 Å². The molecule has 2 aliphatic rings. The van der Waals surface area contributed by atoms with Crippen LogP contribution in [0.1, 0.15) is 31.2 Å². The molecule has 5 heteroatoms. The highest BCUT2D eigenvalue weighted by Gasteiger charge is 2.52. The van der Waals surface area contributed by atoms with Crippen molar-refractivity contribution in [2.45, 2.75) is 37.1 Å². The Balaban J connectivity index is 0.00000147. The Morgan fingerprint density at radius 3 is 2.40 bits per heavy atom. The van der Waals surface area contributed by atoms with Gasteiger partial charge in [-0.1, -0.05) is 28.1 Å². The van der Waals surface area contributed by atoms with Crippen molar-refractivity contribution in [1.82, 2.24) is 5.32 Å². The zero-order chi connectivity index (χ0) is 13.5. The SMILES string of the molecule is Cl.NCC(NC(=O)C1(c2ccc(Br)cc2)CC1)C1CC1. The zero-order valence-corrected chi connectivity index (χ0v) is 13.7. The molecule has 0 aromatic heterocycles. The molecule has 0 radical (unpaired) electrons. The minimum absolute atomic E-state index is 0. The van der Waals surface area contributed by atoms with Gasteiger partial charge in [0, 0.05) is 17.1 Å². The molecule has 3 N–H and O–H groups in total. The Morgan fingerprint density at radius 2 is 1.95 bits per heavy atom. The lowest BCUT2D eigenvalue weighted by molar-refractivity contribution is -0.124. The van der Waals surface area contributed by atoms with Crippen LogP contribution in [-0.4, -0.2) is 18.5 Å². The first kappa shape index (κ1) is 15.8. The van der Waals surface area contributed by atoms with Crippen LogP contribution in [0.2, 0.25) is 0 Å². The lowest BCUT2D eigenvalue weighted by Crippen LogP contribution is -2.46. The molecule has 0 spiro atoms. The molecule has 0 aliphatic heterocycles. The number of hydrogen-bond donors (Lipinski definition) is 2. The van der Waals surface area contributed by atoms with Crippen molar-refractivity contribution in [2.75, 3.05) is 6.54 Å². The van der Waals surface area contributed by atoms with Crippen molar-refractivity contribution >= 4 is 34.2 Å². The summed E-state index contributed by atoms with van der Waals surface area (Å²) in [6, 6.07) is 8.27. The molecule has 0 heterocycles. The van der Waals surface area contributed by atoms with E-state index in [9.17, 15) is 4.79 Å². The van der Waals surface area contributed by atoms with Gasteiger partial charge in [-0.3, -0.25) is 4.79 Å². The van der Waals surface area contributed by atoms with Crippen LogP contribution in [0, 0.1) is 5.92 Å². The average Bonchev–Trinajstić information content (AvgIpc) is 3.29. The molecule has 2 saturated carbocycles. The highest BCUT2D eigenvalue weighted by molar-refractivity contribution is 9.10. The second-order valence-corrected chi connectivity index (χ2v) is 6.66. The predicted octanol–water partition coefficient (Wildman–Crippen LogP) is 2.76. The van der Waals surface area contributed by atoms with Crippen molar-refractivity contribution in [3.63, 3.8) is 0 Å². The summed E-state index contributed by atoms with van der Waals surface area (Å²) in [6.07, 6.45) is 4.30. The molecule has 1 atom stereocenters. The predicted molar refractivity (Wildman–Crippen MR) is 86.0 cm³/mol. The number of nitrogens with one attached hydrogen (secondary N) is 1. The molecule has 0 saturated heterocycles. The van der Waals surface area contributed by atoms with E-state index in [0.717, 1.165) is 22.9 Å². The third-order valence-electron chi connectivity index (χ3n) is 4.34. The normalized spacial score (nSPS) is 20.7. The summed E-state index contributed by atoms with van der Waals surface area (Å²) in [6.45, 7) is 0.548. The average molecular weight is 360 g/mol. The number of benzene rings is 1. The van der Waals surface area contributed by atoms with Gasteiger partial charge in [0.2, 0.25) is 5.91 Å². The number of carbonyl (C=O) groups excluding carboxylic acids is 1. The van der Waals surface area contributed by atoms with Crippen LogP contribution in [0.5, 0.6) is 0 Å². The van der Waals surface area contributed by atoms with Gasteiger partial charge in [-0.2, -0.15) is 0 Å². The minimum atomic E-state index is -0.289. The lowest BCUT2D eigenvalue weighted by Gasteiger charge is -2.21. The number of hydrogen-bond acceptors (Lipinski definition) is 2. The van der Waals surface area contributed by atoms with Gasteiger partial charge in [-0.15, -0.1) is 12.4 Å². The van der Waals surface area contributed by atoms with E-state index in [0.29, 0.717) is 12.5 Å². The maximum absolute atomic E-state index is 12.5. The second-order valence-electron chi connectivity index (χ2n) is 5.74. The Labute approximate surface area is 134 Å². The third-order valence-corrected chi connectivity index (χ3v) is 4.87. The van der Waals surface area contributed by atoms with E-state index < -0.39 is 0 Å². The Hall–Kier alpha value is -0.580. The summed E-state index contributed by atoms with van der Waals surface area (Å²) >= 11 is 3.43. The largest absolute Gasteiger partial charge is 0.351 e. The van der Waals surface area contributed by atoms with Crippen LogP contribution in [0.4, 0.5) is 0 Å². The Bertz CT molecular complexity index is 483. The summed E-state index contributed by atoms with van der Waals surface area (Å²) in [5.74, 6) is 0.770. The highest BCUT2D eigenvalue weighted by atomic mass is 79.9. The number of amides is 1. The van der Waals surface area contributed by atoms with E-state index >= 15 is 0 Å². The van der Waals surface area contributed by atoms with Gasteiger partial charge < -0.3 is 11.1 Å². The van der Waals surface area contributed by atoms with Crippen molar-refractivity contribution in [3.05, 3.63) is 34.3 Å². The Kier molecular flexibility index (Phi) is 4.77. The molecule has 3 nitrogen and oxygen atoms in total. The van der Waals surface area contributed by atoms with Gasteiger partial charge in [0.05, 0.1) is 5.41 Å². The molecular weight excluding hydrogens is 340 g/mol. The fourth-order valence-electron chi connectivity index (χ4n) is 2.72. The fraction of sp³-hybridized carbons (Fsp3) is 0.533. The van der Waals surface area contributed by atoms with E-state index in [2.05, 4.69) is 21.2 Å². The van der Waals surface area contributed by atoms with Crippen LogP contribution in [0.3, 0.4) is 0 Å². The molecule has 2 fully saturated rings. The van der Waals surface area contributed by atoms with Crippen LogP contribution in [0.25, 0.3) is 0 Å². The fourth-order valence-corrected chi connectivity index (χ4v) is 2.98. The summed E-state index contributed by atoms with van der Waals surface area (Å²) in [7, 11) is 0. The first-order valence-electron chi connectivity index (χ1n) is 6.93. The molecule has 0 bridgehead atoms. The molecule has 1 aromatic carbocycles. The summed E-state index contributed by atoms with van der Waals surface area (Å²) in [5.41, 5.74) is 6.60. The molecule has 110 valence electrons. The van der Waals surface area contributed by atoms with Crippen LogP contribution >= 0.6 is 28.3 Å². The maximum atomic E-state index is 12.5. The monoisotopic (exact) mass is 358 g/mol. The third kappa shape index (κ3) is 3.02. The van der Waals surface area contributed by atoms with Crippen LogP contribution in [0.15, 0.2) is 28.7 Å². The van der Waals surface area contributed by atoms with Crippen LogP contribution in [-0.2, 0) is 10.2 Å². The van der Waals surface area contributed by atoms with Crippen molar-refractivity contribution in [2.24, 2.45) is 11.7 Å². The van der Waals surface area contributed by atoms with E-state index in [-0.39, 0.29) is 29.8 Å². The van der Waals surface area contributed by atoms with Crippen LogP contribution < -0.4 is 11.1 Å². The zero-order valence-electron chi connectivity index (χ0n) is 11.3. The molecule has 3 rings (SSSR count).